The standard InChI is InChI=1S/C13H22/c1-4-6-10(5-2)12-8-11-7-9(3)13(11)12/h4,6,9-13H,5,7-8H2,1-3H3. The summed E-state index contributed by atoms with van der Waals surface area (Å²) < 4.78 is 0. The van der Waals surface area contributed by atoms with Gasteiger partial charge in [-0.25, -0.2) is 0 Å². The van der Waals surface area contributed by atoms with Crippen molar-refractivity contribution in [1.82, 2.24) is 0 Å². The van der Waals surface area contributed by atoms with Crippen molar-refractivity contribution in [3.63, 3.8) is 0 Å². The van der Waals surface area contributed by atoms with Crippen LogP contribution < -0.4 is 0 Å². The Morgan fingerprint density at radius 2 is 2.15 bits per heavy atom. The number of hydrogen-bond donors (Lipinski definition) is 0. The molecule has 0 aromatic carbocycles. The topological polar surface area (TPSA) is 0 Å². The van der Waals surface area contributed by atoms with E-state index in [-0.39, 0.29) is 0 Å². The molecule has 0 heterocycles. The van der Waals surface area contributed by atoms with Crippen LogP contribution in [0.2, 0.25) is 0 Å². The van der Waals surface area contributed by atoms with Crippen molar-refractivity contribution in [2.75, 3.05) is 0 Å². The monoisotopic (exact) mass is 178 g/mol. The SMILES string of the molecule is CC=CC(CC)C1CC2CC(C)C21. The fraction of sp³-hybridized carbons (Fsp3) is 0.846. The quantitative estimate of drug-likeness (QED) is 0.575. The normalized spacial score (nSPS) is 45.2. The molecule has 13 heavy (non-hydrogen) atoms. The predicted molar refractivity (Wildman–Crippen MR) is 57.5 cm³/mol. The van der Waals surface area contributed by atoms with Gasteiger partial charge < -0.3 is 0 Å². The summed E-state index contributed by atoms with van der Waals surface area (Å²) in [5.41, 5.74) is 0. The summed E-state index contributed by atoms with van der Waals surface area (Å²) in [5, 5.41) is 0. The smallest absolute Gasteiger partial charge is 0.0205 e. The second-order valence-electron chi connectivity index (χ2n) is 5.05. The molecule has 2 aliphatic carbocycles. The van der Waals surface area contributed by atoms with E-state index >= 15 is 0 Å². The van der Waals surface area contributed by atoms with E-state index in [2.05, 4.69) is 32.9 Å². The lowest BCUT2D eigenvalue weighted by Crippen LogP contribution is -2.52. The van der Waals surface area contributed by atoms with Gasteiger partial charge in [0.2, 0.25) is 0 Å². The van der Waals surface area contributed by atoms with E-state index in [9.17, 15) is 0 Å². The Morgan fingerprint density at radius 3 is 2.62 bits per heavy atom. The first-order valence-electron chi connectivity index (χ1n) is 5.90. The second kappa shape index (κ2) is 3.48. The van der Waals surface area contributed by atoms with Crippen LogP contribution in [0.25, 0.3) is 0 Å². The van der Waals surface area contributed by atoms with Crippen LogP contribution in [0.5, 0.6) is 0 Å². The average Bonchev–Trinajstić information content (AvgIpc) is 2.09. The number of allylic oxidation sites excluding steroid dienone is 2. The van der Waals surface area contributed by atoms with Gasteiger partial charge in [0, 0.05) is 0 Å². The molecule has 0 N–H and O–H groups in total. The first-order valence-corrected chi connectivity index (χ1v) is 5.90. The largest absolute Gasteiger partial charge is 0.0914 e. The van der Waals surface area contributed by atoms with Crippen LogP contribution in [0.4, 0.5) is 0 Å². The molecule has 0 spiro atoms. The maximum atomic E-state index is 2.44. The van der Waals surface area contributed by atoms with Crippen molar-refractivity contribution in [3.8, 4) is 0 Å². The third-order valence-corrected chi connectivity index (χ3v) is 4.41. The Labute approximate surface area is 82.4 Å². The van der Waals surface area contributed by atoms with Crippen LogP contribution in [0, 0.1) is 29.6 Å². The first-order chi connectivity index (χ1) is 6.27. The highest BCUT2D eigenvalue weighted by Gasteiger charge is 2.53. The van der Waals surface area contributed by atoms with Gasteiger partial charge in [-0.05, 0) is 55.8 Å². The molecule has 5 atom stereocenters. The van der Waals surface area contributed by atoms with E-state index < -0.39 is 0 Å². The van der Waals surface area contributed by atoms with Gasteiger partial charge in [-0.2, -0.15) is 0 Å². The van der Waals surface area contributed by atoms with Crippen molar-refractivity contribution in [1.29, 1.82) is 0 Å². The number of fused-ring (bicyclic) bond motifs is 1. The highest BCUT2D eigenvalue weighted by atomic mass is 14.6. The van der Waals surface area contributed by atoms with Crippen LogP contribution in [-0.2, 0) is 0 Å². The molecular weight excluding hydrogens is 156 g/mol. The summed E-state index contributed by atoms with van der Waals surface area (Å²) in [6.45, 7) is 6.93. The molecule has 2 fully saturated rings. The summed E-state index contributed by atoms with van der Waals surface area (Å²) >= 11 is 0. The van der Waals surface area contributed by atoms with Crippen molar-refractivity contribution in [3.05, 3.63) is 12.2 Å². The van der Waals surface area contributed by atoms with Gasteiger partial charge in [0.15, 0.2) is 0 Å². The fourth-order valence-electron chi connectivity index (χ4n) is 3.69. The zero-order valence-corrected chi connectivity index (χ0v) is 9.16. The first kappa shape index (κ1) is 9.30. The maximum absolute atomic E-state index is 2.44. The molecule has 0 nitrogen and oxygen atoms in total. The molecule has 0 saturated heterocycles. The maximum Gasteiger partial charge on any atom is -0.0205 e. The van der Waals surface area contributed by atoms with Gasteiger partial charge in [-0.1, -0.05) is 26.0 Å². The molecule has 0 bridgehead atoms. The third kappa shape index (κ3) is 1.35. The number of rotatable bonds is 3. The molecule has 5 unspecified atom stereocenters. The van der Waals surface area contributed by atoms with Crippen LogP contribution in [0.1, 0.15) is 40.0 Å². The Balaban J connectivity index is 1.93. The van der Waals surface area contributed by atoms with E-state index in [1.807, 2.05) is 0 Å². The number of hydrogen-bond acceptors (Lipinski definition) is 0. The summed E-state index contributed by atoms with van der Waals surface area (Å²) in [6, 6.07) is 0. The fourth-order valence-corrected chi connectivity index (χ4v) is 3.69. The summed E-state index contributed by atoms with van der Waals surface area (Å²) in [6.07, 6.45) is 9.06. The van der Waals surface area contributed by atoms with Crippen LogP contribution in [0.3, 0.4) is 0 Å². The highest BCUT2D eigenvalue weighted by molar-refractivity contribution is 5.06. The van der Waals surface area contributed by atoms with Crippen molar-refractivity contribution in [2.45, 2.75) is 40.0 Å². The lowest BCUT2D eigenvalue weighted by molar-refractivity contribution is -0.0990. The summed E-state index contributed by atoms with van der Waals surface area (Å²) in [5.74, 6) is 5.17. The van der Waals surface area contributed by atoms with Crippen LogP contribution >= 0.6 is 0 Å². The Hall–Kier alpha value is -0.260. The van der Waals surface area contributed by atoms with Crippen LogP contribution in [-0.4, -0.2) is 0 Å². The highest BCUT2D eigenvalue weighted by Crippen LogP contribution is 2.60. The molecule has 2 aliphatic rings. The molecular formula is C13H22. The second-order valence-corrected chi connectivity index (χ2v) is 5.05. The minimum absolute atomic E-state index is 0.883. The minimum Gasteiger partial charge on any atom is -0.0914 e. The third-order valence-electron chi connectivity index (χ3n) is 4.41. The Morgan fingerprint density at radius 1 is 1.38 bits per heavy atom. The van der Waals surface area contributed by atoms with Gasteiger partial charge in [0.25, 0.3) is 0 Å². The van der Waals surface area contributed by atoms with Crippen molar-refractivity contribution < 1.29 is 0 Å². The molecule has 2 rings (SSSR count). The molecule has 0 radical (unpaired) electrons. The van der Waals surface area contributed by atoms with E-state index in [4.69, 9.17) is 0 Å². The predicted octanol–water partition coefficient (Wildman–Crippen LogP) is 3.88. The molecule has 0 aromatic heterocycles. The van der Waals surface area contributed by atoms with E-state index in [1.54, 1.807) is 0 Å². The average molecular weight is 178 g/mol. The summed E-state index contributed by atoms with van der Waals surface area (Å²) in [7, 11) is 0. The Bertz CT molecular complexity index is 200. The van der Waals surface area contributed by atoms with Gasteiger partial charge in [-0.3, -0.25) is 0 Å². The molecule has 0 heteroatoms. The minimum atomic E-state index is 0.883. The Kier molecular flexibility index (Phi) is 2.49. The molecule has 0 aliphatic heterocycles. The molecule has 74 valence electrons. The van der Waals surface area contributed by atoms with Crippen molar-refractivity contribution in [2.24, 2.45) is 29.6 Å². The molecule has 0 amide bonds. The van der Waals surface area contributed by atoms with Crippen molar-refractivity contribution >= 4 is 0 Å². The van der Waals surface area contributed by atoms with E-state index in [1.165, 1.54) is 19.3 Å². The van der Waals surface area contributed by atoms with Gasteiger partial charge in [0.05, 0.1) is 0 Å². The molecule has 2 saturated carbocycles. The lowest BCUT2D eigenvalue weighted by Gasteiger charge is -2.59. The van der Waals surface area contributed by atoms with Crippen LogP contribution in [0.15, 0.2) is 12.2 Å². The lowest BCUT2D eigenvalue weighted by atomic mass is 9.45. The van der Waals surface area contributed by atoms with E-state index in [0.717, 1.165) is 29.6 Å². The van der Waals surface area contributed by atoms with Gasteiger partial charge >= 0.3 is 0 Å². The summed E-state index contributed by atoms with van der Waals surface area (Å²) in [4.78, 5) is 0. The zero-order valence-electron chi connectivity index (χ0n) is 9.16. The van der Waals surface area contributed by atoms with Gasteiger partial charge in [-0.15, -0.1) is 0 Å². The van der Waals surface area contributed by atoms with E-state index in [0.29, 0.717) is 0 Å². The zero-order chi connectivity index (χ0) is 9.42. The molecule has 0 aromatic rings. The van der Waals surface area contributed by atoms with Gasteiger partial charge in [0.1, 0.15) is 0 Å².